The van der Waals surface area contributed by atoms with Crippen molar-refractivity contribution in [1.82, 2.24) is 0 Å². The second-order valence-electron chi connectivity index (χ2n) is 2.98. The average molecular weight is 149 g/mol. The molecule has 0 unspecified atom stereocenters. The number of nitrogens with two attached hydrogens (primary N) is 1. The van der Waals surface area contributed by atoms with Gasteiger partial charge in [-0.25, -0.2) is 5.90 Å². The zero-order chi connectivity index (χ0) is 8.04. The van der Waals surface area contributed by atoms with E-state index in [0.29, 0.717) is 6.61 Å². The van der Waals surface area contributed by atoms with Gasteiger partial charge in [0.05, 0.1) is 20.7 Å². The molecule has 0 saturated carbocycles. The van der Waals surface area contributed by atoms with Crippen LogP contribution in [-0.2, 0) is 4.84 Å². The van der Waals surface area contributed by atoms with Gasteiger partial charge in [0.1, 0.15) is 19.7 Å². The average Bonchev–Trinajstić information content (AvgIpc) is 1.84. The van der Waals surface area contributed by atoms with Crippen LogP contribution in [0.5, 0.6) is 0 Å². The van der Waals surface area contributed by atoms with Gasteiger partial charge in [0.25, 0.3) is 0 Å². The van der Waals surface area contributed by atoms with Crippen LogP contribution in [0.15, 0.2) is 0 Å². The van der Waals surface area contributed by atoms with Gasteiger partial charge >= 0.3 is 0 Å². The minimum Gasteiger partial charge on any atom is -0.391 e. The first-order valence-corrected chi connectivity index (χ1v) is 3.37. The summed E-state index contributed by atoms with van der Waals surface area (Å²) in [5.74, 6) is 4.86. The third-order valence-corrected chi connectivity index (χ3v) is 1.52. The highest BCUT2D eigenvalue weighted by Crippen LogP contribution is 1.93. The molecule has 0 atom stereocenters. The largest absolute Gasteiger partial charge is 0.391 e. The fourth-order valence-corrected chi connectivity index (χ4v) is 0.682. The van der Waals surface area contributed by atoms with Crippen LogP contribution >= 0.6 is 0 Å². The maximum absolute atomic E-state index is 8.61. The van der Waals surface area contributed by atoms with Gasteiger partial charge in [0, 0.05) is 0 Å². The van der Waals surface area contributed by atoms with Crippen molar-refractivity contribution in [2.75, 3.05) is 40.4 Å². The number of nitrogens with zero attached hydrogens (tertiary/aromatic N) is 1. The Balaban J connectivity index is 3.42. The molecule has 0 bridgehead atoms. The lowest BCUT2D eigenvalue weighted by molar-refractivity contribution is -0.891. The number of hydrogen-bond donors (Lipinski definition) is 2. The molecule has 0 aliphatic rings. The number of rotatable bonds is 5. The molecule has 0 spiro atoms. The van der Waals surface area contributed by atoms with E-state index in [1.54, 1.807) is 0 Å². The Morgan fingerprint density at radius 3 is 2.40 bits per heavy atom. The summed E-state index contributed by atoms with van der Waals surface area (Å²) in [6, 6.07) is 0. The van der Waals surface area contributed by atoms with Gasteiger partial charge in [-0.05, 0) is 0 Å². The lowest BCUT2D eigenvalue weighted by Crippen LogP contribution is -2.44. The molecular weight excluding hydrogens is 132 g/mol. The Hall–Kier alpha value is -0.160. The minimum atomic E-state index is 0.206. The highest BCUT2D eigenvalue weighted by atomic mass is 16.6. The number of aliphatic hydroxyl groups excluding tert-OH is 1. The highest BCUT2D eigenvalue weighted by molar-refractivity contribution is 4.31. The predicted molar refractivity (Wildman–Crippen MR) is 39.1 cm³/mol. The first kappa shape index (κ1) is 9.84. The van der Waals surface area contributed by atoms with Crippen molar-refractivity contribution in [2.24, 2.45) is 5.90 Å². The van der Waals surface area contributed by atoms with Gasteiger partial charge < -0.3 is 9.59 Å². The molecule has 0 saturated heterocycles. The second kappa shape index (κ2) is 4.62. The van der Waals surface area contributed by atoms with Crippen molar-refractivity contribution in [2.45, 2.75) is 0 Å². The molecule has 4 nitrogen and oxygen atoms in total. The van der Waals surface area contributed by atoms with E-state index >= 15 is 0 Å². The predicted octanol–water partition coefficient (Wildman–Crippen LogP) is -1.05. The molecule has 0 aromatic carbocycles. The van der Waals surface area contributed by atoms with E-state index in [-0.39, 0.29) is 6.61 Å². The van der Waals surface area contributed by atoms with Gasteiger partial charge in [-0.15, -0.1) is 0 Å². The molecule has 0 rings (SSSR count). The van der Waals surface area contributed by atoms with Gasteiger partial charge in [-0.1, -0.05) is 0 Å². The van der Waals surface area contributed by atoms with Crippen LogP contribution in [-0.4, -0.2) is 50.0 Å². The maximum atomic E-state index is 8.61. The third-order valence-electron chi connectivity index (χ3n) is 1.52. The Kier molecular flexibility index (Phi) is 4.55. The third kappa shape index (κ3) is 4.69. The zero-order valence-electron chi connectivity index (χ0n) is 6.71. The first-order valence-electron chi connectivity index (χ1n) is 3.37. The van der Waals surface area contributed by atoms with Gasteiger partial charge in [0.2, 0.25) is 0 Å². The molecule has 4 heteroatoms. The van der Waals surface area contributed by atoms with E-state index in [4.69, 9.17) is 11.0 Å². The van der Waals surface area contributed by atoms with Crippen molar-refractivity contribution < 1.29 is 14.4 Å². The quantitative estimate of drug-likeness (QED) is 0.387. The van der Waals surface area contributed by atoms with Gasteiger partial charge in [-0.3, -0.25) is 4.84 Å². The van der Waals surface area contributed by atoms with E-state index in [2.05, 4.69) is 4.84 Å². The summed E-state index contributed by atoms with van der Waals surface area (Å²) in [5, 5.41) is 8.61. The summed E-state index contributed by atoms with van der Waals surface area (Å²) < 4.78 is 0.744. The van der Waals surface area contributed by atoms with E-state index < -0.39 is 0 Å². The van der Waals surface area contributed by atoms with Gasteiger partial charge in [-0.2, -0.15) is 0 Å². The summed E-state index contributed by atoms with van der Waals surface area (Å²) in [6.07, 6.45) is 0. The van der Waals surface area contributed by atoms with Crippen LogP contribution < -0.4 is 5.90 Å². The Labute approximate surface area is 61.7 Å². The summed E-state index contributed by atoms with van der Waals surface area (Å²) in [6.45, 7) is 2.31. The van der Waals surface area contributed by atoms with Crippen LogP contribution in [0.3, 0.4) is 0 Å². The zero-order valence-corrected chi connectivity index (χ0v) is 6.71. The second-order valence-corrected chi connectivity index (χ2v) is 2.98. The number of quaternary nitrogens is 1. The van der Waals surface area contributed by atoms with Crippen molar-refractivity contribution in [3.63, 3.8) is 0 Å². The SMILES string of the molecule is C[N+](C)(CCO)CCON. The van der Waals surface area contributed by atoms with Crippen molar-refractivity contribution >= 4 is 0 Å². The van der Waals surface area contributed by atoms with E-state index in [1.807, 2.05) is 14.1 Å². The van der Waals surface area contributed by atoms with Crippen LogP contribution in [0.1, 0.15) is 0 Å². The van der Waals surface area contributed by atoms with Crippen LogP contribution in [0, 0.1) is 0 Å². The molecule has 0 aromatic rings. The molecule has 0 aliphatic heterocycles. The lowest BCUT2D eigenvalue weighted by atomic mass is 10.4. The Morgan fingerprint density at radius 1 is 1.40 bits per heavy atom. The molecule has 0 aromatic heterocycles. The molecule has 0 fully saturated rings. The van der Waals surface area contributed by atoms with Crippen LogP contribution in [0.4, 0.5) is 0 Å². The summed E-state index contributed by atoms with van der Waals surface area (Å²) in [4.78, 5) is 4.43. The number of likely N-dealkylation sites (N-methyl/N-ethyl adjacent to an activating group) is 1. The molecule has 3 N–H and O–H groups in total. The fraction of sp³-hybridized carbons (Fsp3) is 1.00. The lowest BCUT2D eigenvalue weighted by Gasteiger charge is -2.28. The first-order chi connectivity index (χ1) is 4.62. The van der Waals surface area contributed by atoms with E-state index in [1.165, 1.54) is 0 Å². The van der Waals surface area contributed by atoms with E-state index in [9.17, 15) is 0 Å². The Morgan fingerprint density at radius 2 is 2.00 bits per heavy atom. The molecule has 0 aliphatic carbocycles. The molecule has 62 valence electrons. The van der Waals surface area contributed by atoms with Crippen molar-refractivity contribution in [3.05, 3.63) is 0 Å². The summed E-state index contributed by atoms with van der Waals surface area (Å²) in [5.41, 5.74) is 0. The molecule has 0 heterocycles. The maximum Gasteiger partial charge on any atom is 0.117 e. The molecule has 0 radical (unpaired) electrons. The number of hydrogen-bond acceptors (Lipinski definition) is 3. The number of aliphatic hydroxyl groups is 1. The fourth-order valence-electron chi connectivity index (χ4n) is 0.682. The molecular formula is C6H17N2O2+. The molecule has 0 amide bonds. The van der Waals surface area contributed by atoms with Crippen molar-refractivity contribution in [3.8, 4) is 0 Å². The normalized spacial score (nSPS) is 12.0. The Bertz CT molecular complexity index is 85.8. The topological polar surface area (TPSA) is 55.5 Å². The highest BCUT2D eigenvalue weighted by Gasteiger charge is 2.12. The van der Waals surface area contributed by atoms with Gasteiger partial charge in [0.15, 0.2) is 0 Å². The summed E-state index contributed by atoms with van der Waals surface area (Å²) in [7, 11) is 4.05. The van der Waals surface area contributed by atoms with Crippen molar-refractivity contribution in [1.29, 1.82) is 0 Å². The van der Waals surface area contributed by atoms with E-state index in [0.717, 1.165) is 17.6 Å². The monoisotopic (exact) mass is 149 g/mol. The smallest absolute Gasteiger partial charge is 0.117 e. The standard InChI is InChI=1S/C6H17N2O2/c1-8(2,3-5-9)4-6-10-7/h9H,3-7H2,1-2H3/q+1. The van der Waals surface area contributed by atoms with Crippen LogP contribution in [0.2, 0.25) is 0 Å². The van der Waals surface area contributed by atoms with Crippen LogP contribution in [0.25, 0.3) is 0 Å². The minimum absolute atomic E-state index is 0.206. The summed E-state index contributed by atoms with van der Waals surface area (Å²) >= 11 is 0. The molecule has 10 heavy (non-hydrogen) atoms.